The fourth-order valence-corrected chi connectivity index (χ4v) is 3.62. The largest absolute Gasteiger partial charge is 0.314 e. The Kier molecular flexibility index (Phi) is 5.29. The third-order valence-electron chi connectivity index (χ3n) is 4.56. The summed E-state index contributed by atoms with van der Waals surface area (Å²) in [7, 11) is 0. The molecule has 3 rings (SSSR count). The van der Waals surface area contributed by atoms with Crippen molar-refractivity contribution in [2.24, 2.45) is 0 Å². The lowest BCUT2D eigenvalue weighted by molar-refractivity contribution is -0.711. The van der Waals surface area contributed by atoms with Crippen LogP contribution < -0.4 is 9.88 Å². The second kappa shape index (κ2) is 7.69. The van der Waals surface area contributed by atoms with Crippen molar-refractivity contribution in [3.05, 3.63) is 84.7 Å². The second-order valence-corrected chi connectivity index (χ2v) is 6.82. The number of nitro groups is 2. The van der Waals surface area contributed by atoms with Gasteiger partial charge < -0.3 is 5.32 Å². The Hall–Kier alpha value is -3.78. The number of nitro benzene ring substituents is 2. The summed E-state index contributed by atoms with van der Waals surface area (Å²) >= 11 is 4.16. The number of aryl methyl sites for hydroxylation is 1. The summed E-state index contributed by atoms with van der Waals surface area (Å²) in [5.41, 5.74) is -0.155. The predicted octanol–water partition coefficient (Wildman–Crippen LogP) is 2.22. The molecule has 11 heteroatoms. The molecule has 1 aromatic carbocycles. The normalized spacial score (nSPS) is 18.7. The molecule has 2 heterocycles. The molecule has 0 saturated carbocycles. The highest BCUT2D eigenvalue weighted by atomic mass is 32.1. The van der Waals surface area contributed by atoms with Gasteiger partial charge in [-0.05, 0) is 19.1 Å². The number of non-ortho nitro benzene ring substituents is 1. The van der Waals surface area contributed by atoms with E-state index < -0.39 is 39.1 Å². The maximum Gasteiger partial charge on any atom is 0.294 e. The number of nitrogens with one attached hydrogen (secondary N) is 1. The van der Waals surface area contributed by atoms with Crippen LogP contribution in [-0.2, 0) is 4.79 Å². The summed E-state index contributed by atoms with van der Waals surface area (Å²) in [4.78, 5) is 34.0. The molecule has 1 N–H and O–H groups in total. The molecule has 10 nitrogen and oxygen atoms in total. The van der Waals surface area contributed by atoms with Gasteiger partial charge in [0.25, 0.3) is 17.3 Å². The van der Waals surface area contributed by atoms with Gasteiger partial charge >= 0.3 is 0 Å². The summed E-state index contributed by atoms with van der Waals surface area (Å²) in [6, 6.07) is 7.59. The van der Waals surface area contributed by atoms with Crippen molar-refractivity contribution in [1.82, 2.24) is 5.32 Å². The van der Waals surface area contributed by atoms with Crippen molar-refractivity contribution in [3.8, 4) is 6.07 Å². The van der Waals surface area contributed by atoms with Gasteiger partial charge in [0.2, 0.25) is 6.04 Å². The predicted molar refractivity (Wildman–Crippen MR) is 103 cm³/mol. The van der Waals surface area contributed by atoms with Crippen molar-refractivity contribution in [1.29, 1.82) is 5.26 Å². The molecule has 0 fully saturated rings. The Labute approximate surface area is 169 Å². The minimum Gasteiger partial charge on any atom is -0.314 e. The first-order chi connectivity index (χ1) is 13.7. The van der Waals surface area contributed by atoms with E-state index in [1.165, 1.54) is 6.07 Å². The number of aromatic nitrogens is 1. The number of rotatable bonds is 4. The van der Waals surface area contributed by atoms with E-state index >= 15 is 0 Å². The van der Waals surface area contributed by atoms with E-state index in [0.717, 1.165) is 17.7 Å². The summed E-state index contributed by atoms with van der Waals surface area (Å²) in [5, 5.41) is 34.9. The van der Waals surface area contributed by atoms with Gasteiger partial charge in [0.15, 0.2) is 12.4 Å². The van der Waals surface area contributed by atoms with Crippen LogP contribution in [0, 0.1) is 38.5 Å². The molecular formula is C18H14N5O5S+. The molecule has 1 aliphatic heterocycles. The van der Waals surface area contributed by atoms with Crippen LogP contribution in [-0.4, -0.2) is 15.8 Å². The lowest BCUT2D eigenvalue weighted by Crippen LogP contribution is -2.53. The molecule has 1 aliphatic rings. The number of pyridine rings is 1. The van der Waals surface area contributed by atoms with Gasteiger partial charge in [0.1, 0.15) is 0 Å². The van der Waals surface area contributed by atoms with Crippen LogP contribution in [0.4, 0.5) is 11.4 Å². The van der Waals surface area contributed by atoms with Gasteiger partial charge in [-0.25, -0.2) is 0 Å². The van der Waals surface area contributed by atoms with E-state index in [9.17, 15) is 30.3 Å². The Morgan fingerprint density at radius 3 is 2.55 bits per heavy atom. The van der Waals surface area contributed by atoms with Crippen LogP contribution in [0.1, 0.15) is 23.1 Å². The van der Waals surface area contributed by atoms with E-state index in [2.05, 4.69) is 17.9 Å². The monoisotopic (exact) mass is 412 g/mol. The lowest BCUT2D eigenvalue weighted by Gasteiger charge is -2.27. The van der Waals surface area contributed by atoms with Gasteiger partial charge in [-0.15, -0.1) is 12.6 Å². The van der Waals surface area contributed by atoms with Gasteiger partial charge in [0, 0.05) is 23.3 Å². The van der Waals surface area contributed by atoms with Crippen molar-refractivity contribution in [2.75, 3.05) is 0 Å². The summed E-state index contributed by atoms with van der Waals surface area (Å²) < 4.78 is 1.55. The first kappa shape index (κ1) is 20.0. The number of thiol groups is 1. The van der Waals surface area contributed by atoms with Crippen LogP contribution in [0.25, 0.3) is 0 Å². The zero-order valence-electron chi connectivity index (χ0n) is 15.0. The molecule has 0 unspecified atom stereocenters. The Bertz CT molecular complexity index is 1120. The molecule has 0 aliphatic carbocycles. The Morgan fingerprint density at radius 2 is 1.97 bits per heavy atom. The van der Waals surface area contributed by atoms with Crippen molar-refractivity contribution in [3.63, 3.8) is 0 Å². The van der Waals surface area contributed by atoms with E-state index in [0.29, 0.717) is 0 Å². The SMILES string of the molecule is Cc1ccc[n+]([C@@H]2C(=O)NC(S)=C(C#N)[C@H]2c2ccc([N+](=O)[O-])cc2[N+](=O)[O-])c1. The molecule has 2 atom stereocenters. The number of hydrogen-bond donors (Lipinski definition) is 2. The van der Waals surface area contributed by atoms with Gasteiger partial charge in [-0.2, -0.15) is 9.83 Å². The molecule has 0 bridgehead atoms. The topological polar surface area (TPSA) is 143 Å². The van der Waals surface area contributed by atoms with Crippen molar-refractivity contribution >= 4 is 29.9 Å². The molecule has 2 aromatic rings. The fraction of sp³-hybridized carbons (Fsp3) is 0.167. The van der Waals surface area contributed by atoms with Gasteiger partial charge in [-0.1, -0.05) is 0 Å². The second-order valence-electron chi connectivity index (χ2n) is 6.37. The molecule has 0 radical (unpaired) electrons. The first-order valence-corrected chi connectivity index (χ1v) is 8.73. The lowest BCUT2D eigenvalue weighted by atomic mass is 9.82. The van der Waals surface area contributed by atoms with Gasteiger partial charge in [0.05, 0.1) is 38.5 Å². The molecular weight excluding hydrogens is 398 g/mol. The number of carbonyl (C=O) groups excluding carboxylic acids is 1. The third-order valence-corrected chi connectivity index (χ3v) is 4.91. The summed E-state index contributed by atoms with van der Waals surface area (Å²) in [6.07, 6.45) is 3.28. The first-order valence-electron chi connectivity index (χ1n) is 8.28. The van der Waals surface area contributed by atoms with E-state index in [-0.39, 0.29) is 16.2 Å². The van der Waals surface area contributed by atoms with Crippen molar-refractivity contribution in [2.45, 2.75) is 18.9 Å². The minimum absolute atomic E-state index is 0.0116. The van der Waals surface area contributed by atoms with Crippen molar-refractivity contribution < 1.29 is 19.2 Å². The highest BCUT2D eigenvalue weighted by Crippen LogP contribution is 2.42. The highest BCUT2D eigenvalue weighted by Gasteiger charge is 2.47. The standard InChI is InChI=1S/C18H13N5O5S/c1-10-3-2-6-21(9-10)16-15(13(8-19)18(29)20-17(16)24)12-5-4-11(22(25)26)7-14(12)23(27)28/h2-7,9,15-16H,1H3,(H-,20,24,29)/p+1/t15-,16+/m1/s1. The third kappa shape index (κ3) is 3.65. The minimum atomic E-state index is -1.06. The quantitative estimate of drug-likeness (QED) is 0.341. The molecule has 1 aromatic heterocycles. The van der Waals surface area contributed by atoms with Crippen LogP contribution in [0.2, 0.25) is 0 Å². The molecule has 146 valence electrons. The average Bonchev–Trinajstić information content (AvgIpc) is 2.66. The van der Waals surface area contributed by atoms with Gasteiger partial charge in [-0.3, -0.25) is 25.0 Å². The summed E-state index contributed by atoms with van der Waals surface area (Å²) in [6.45, 7) is 1.81. The van der Waals surface area contributed by atoms with Crippen LogP contribution in [0.3, 0.4) is 0 Å². The maximum atomic E-state index is 12.8. The smallest absolute Gasteiger partial charge is 0.294 e. The van der Waals surface area contributed by atoms with Crippen LogP contribution in [0.15, 0.2) is 53.3 Å². The fourth-order valence-electron chi connectivity index (χ4n) is 3.33. The maximum absolute atomic E-state index is 12.8. The number of carbonyl (C=O) groups is 1. The number of allylic oxidation sites excluding steroid dienone is 1. The zero-order valence-corrected chi connectivity index (χ0v) is 15.9. The number of hydrogen-bond acceptors (Lipinski definition) is 7. The number of benzene rings is 1. The van der Waals surface area contributed by atoms with E-state index in [1.54, 1.807) is 23.0 Å². The number of nitriles is 1. The molecule has 1 amide bonds. The Balaban J connectivity index is 2.30. The van der Waals surface area contributed by atoms with Crippen LogP contribution in [0.5, 0.6) is 0 Å². The molecule has 0 saturated heterocycles. The number of amides is 1. The molecule has 29 heavy (non-hydrogen) atoms. The Morgan fingerprint density at radius 1 is 1.24 bits per heavy atom. The highest BCUT2D eigenvalue weighted by molar-refractivity contribution is 7.84. The summed E-state index contributed by atoms with van der Waals surface area (Å²) in [5.74, 6) is -1.57. The zero-order chi connectivity index (χ0) is 21.3. The van der Waals surface area contributed by atoms with E-state index in [4.69, 9.17) is 0 Å². The average molecular weight is 412 g/mol. The van der Waals surface area contributed by atoms with E-state index in [1.807, 2.05) is 19.1 Å². The van der Waals surface area contributed by atoms with Crippen LogP contribution >= 0.6 is 12.6 Å². The molecule has 0 spiro atoms. The number of nitrogens with zero attached hydrogens (tertiary/aromatic N) is 4.